The first kappa shape index (κ1) is 15.1. The van der Waals surface area contributed by atoms with Crippen molar-refractivity contribution in [1.29, 1.82) is 0 Å². The number of imidazole rings is 1. The summed E-state index contributed by atoms with van der Waals surface area (Å²) in [5.74, 6) is 0.607. The molecule has 0 aliphatic rings. The molecule has 0 aliphatic carbocycles. The van der Waals surface area contributed by atoms with E-state index < -0.39 is 0 Å². The minimum absolute atomic E-state index is 0.102. The predicted octanol–water partition coefficient (Wildman–Crippen LogP) is 2.71. The molecule has 0 bridgehead atoms. The smallest absolute Gasteiger partial charge is 0.251 e. The van der Waals surface area contributed by atoms with E-state index in [1.807, 2.05) is 54.0 Å². The van der Waals surface area contributed by atoms with Gasteiger partial charge in [-0.15, -0.1) is 0 Å². The summed E-state index contributed by atoms with van der Waals surface area (Å²) in [6.45, 7) is 3.04. The number of nitrogens with one attached hydrogen (secondary N) is 1. The molecule has 0 unspecified atom stereocenters. The van der Waals surface area contributed by atoms with Gasteiger partial charge in [-0.05, 0) is 37.3 Å². The van der Waals surface area contributed by atoms with Crippen molar-refractivity contribution in [3.63, 3.8) is 0 Å². The highest BCUT2D eigenvalue weighted by Crippen LogP contribution is 2.13. The number of aromatic nitrogens is 2. The minimum atomic E-state index is -0.102. The maximum absolute atomic E-state index is 12.2. The van der Waals surface area contributed by atoms with E-state index in [1.54, 1.807) is 12.1 Å². The van der Waals surface area contributed by atoms with E-state index >= 15 is 0 Å². The molecule has 0 fully saturated rings. The van der Waals surface area contributed by atoms with Gasteiger partial charge in [-0.1, -0.05) is 12.1 Å². The lowest BCUT2D eigenvalue weighted by atomic mass is 10.2. The Balaban J connectivity index is 1.57. The SMILES string of the molecule is CCOc1cccc(C(=O)NCCc2cn3ccccc3n2)c1. The molecule has 23 heavy (non-hydrogen) atoms. The number of hydrogen-bond acceptors (Lipinski definition) is 3. The molecule has 3 rings (SSSR count). The maximum atomic E-state index is 12.2. The first-order valence-electron chi connectivity index (χ1n) is 7.70. The lowest BCUT2D eigenvalue weighted by molar-refractivity contribution is 0.0953. The molecule has 3 aromatic rings. The Bertz CT molecular complexity index is 778. The zero-order chi connectivity index (χ0) is 16.1. The first-order valence-corrected chi connectivity index (χ1v) is 7.70. The van der Waals surface area contributed by atoms with Gasteiger partial charge in [0.2, 0.25) is 0 Å². The fourth-order valence-corrected chi connectivity index (χ4v) is 2.41. The van der Waals surface area contributed by atoms with Gasteiger partial charge in [-0.25, -0.2) is 4.98 Å². The lowest BCUT2D eigenvalue weighted by Gasteiger charge is -2.07. The summed E-state index contributed by atoms with van der Waals surface area (Å²) in [5, 5.41) is 2.92. The fourth-order valence-electron chi connectivity index (χ4n) is 2.41. The number of hydrogen-bond donors (Lipinski definition) is 1. The van der Waals surface area contributed by atoms with Gasteiger partial charge >= 0.3 is 0 Å². The monoisotopic (exact) mass is 309 g/mol. The van der Waals surface area contributed by atoms with Gasteiger partial charge in [-0.2, -0.15) is 0 Å². The van der Waals surface area contributed by atoms with Crippen molar-refractivity contribution in [1.82, 2.24) is 14.7 Å². The molecule has 2 heterocycles. The van der Waals surface area contributed by atoms with Crippen LogP contribution in [0.5, 0.6) is 5.75 Å². The van der Waals surface area contributed by atoms with Crippen molar-refractivity contribution in [2.45, 2.75) is 13.3 Å². The molecule has 5 nitrogen and oxygen atoms in total. The molecule has 0 atom stereocenters. The summed E-state index contributed by atoms with van der Waals surface area (Å²) >= 11 is 0. The summed E-state index contributed by atoms with van der Waals surface area (Å²) in [5.41, 5.74) is 2.48. The van der Waals surface area contributed by atoms with Crippen molar-refractivity contribution in [2.24, 2.45) is 0 Å². The minimum Gasteiger partial charge on any atom is -0.494 e. The van der Waals surface area contributed by atoms with Crippen molar-refractivity contribution < 1.29 is 9.53 Å². The average Bonchev–Trinajstić information content (AvgIpc) is 2.98. The quantitative estimate of drug-likeness (QED) is 0.761. The predicted molar refractivity (Wildman–Crippen MR) is 88.8 cm³/mol. The second-order valence-corrected chi connectivity index (χ2v) is 5.17. The third-order valence-electron chi connectivity index (χ3n) is 3.49. The molecule has 0 spiro atoms. The number of rotatable bonds is 6. The third kappa shape index (κ3) is 3.69. The van der Waals surface area contributed by atoms with Gasteiger partial charge in [-0.3, -0.25) is 4.79 Å². The molecule has 5 heteroatoms. The van der Waals surface area contributed by atoms with Gasteiger partial charge in [0.15, 0.2) is 0 Å². The van der Waals surface area contributed by atoms with Crippen LogP contribution in [0.1, 0.15) is 23.0 Å². The molecule has 1 aromatic carbocycles. The number of benzene rings is 1. The summed E-state index contributed by atoms with van der Waals surface area (Å²) in [4.78, 5) is 16.7. The Labute approximate surface area is 134 Å². The van der Waals surface area contributed by atoms with Gasteiger partial charge in [0.1, 0.15) is 11.4 Å². The van der Waals surface area contributed by atoms with E-state index in [-0.39, 0.29) is 5.91 Å². The van der Waals surface area contributed by atoms with Crippen LogP contribution in [-0.4, -0.2) is 28.4 Å². The Morgan fingerprint density at radius 3 is 3.00 bits per heavy atom. The molecule has 0 aliphatic heterocycles. The van der Waals surface area contributed by atoms with Gasteiger partial charge in [0.05, 0.1) is 12.3 Å². The second kappa shape index (κ2) is 6.96. The number of ether oxygens (including phenoxy) is 1. The van der Waals surface area contributed by atoms with Crippen LogP contribution in [0, 0.1) is 0 Å². The van der Waals surface area contributed by atoms with Crippen molar-refractivity contribution in [3.8, 4) is 5.75 Å². The maximum Gasteiger partial charge on any atom is 0.251 e. The topological polar surface area (TPSA) is 55.6 Å². The van der Waals surface area contributed by atoms with E-state index in [0.29, 0.717) is 30.9 Å². The summed E-state index contributed by atoms with van der Waals surface area (Å²) in [7, 11) is 0. The number of pyridine rings is 1. The van der Waals surface area contributed by atoms with Crippen molar-refractivity contribution in [3.05, 3.63) is 66.1 Å². The van der Waals surface area contributed by atoms with Gasteiger partial charge < -0.3 is 14.5 Å². The molecule has 1 N–H and O–H groups in total. The first-order chi connectivity index (χ1) is 11.3. The number of nitrogens with zero attached hydrogens (tertiary/aromatic N) is 2. The highest BCUT2D eigenvalue weighted by atomic mass is 16.5. The van der Waals surface area contributed by atoms with Gasteiger partial charge in [0.25, 0.3) is 5.91 Å². The average molecular weight is 309 g/mol. The standard InChI is InChI=1S/C18H19N3O2/c1-2-23-16-7-5-6-14(12-16)18(22)19-10-9-15-13-21-11-4-3-8-17(21)20-15/h3-8,11-13H,2,9-10H2,1H3,(H,19,22). The molecular weight excluding hydrogens is 290 g/mol. The molecule has 118 valence electrons. The summed E-state index contributed by atoms with van der Waals surface area (Å²) < 4.78 is 7.39. The summed E-state index contributed by atoms with van der Waals surface area (Å²) in [6, 6.07) is 13.1. The van der Waals surface area contributed by atoms with Crippen LogP contribution in [0.15, 0.2) is 54.9 Å². The Hall–Kier alpha value is -2.82. The number of carbonyl (C=O) groups is 1. The van der Waals surface area contributed by atoms with Crippen LogP contribution in [0.3, 0.4) is 0 Å². The van der Waals surface area contributed by atoms with Crippen molar-refractivity contribution in [2.75, 3.05) is 13.2 Å². The highest BCUT2D eigenvalue weighted by Gasteiger charge is 2.07. The van der Waals surface area contributed by atoms with E-state index in [0.717, 1.165) is 11.3 Å². The molecule has 0 saturated carbocycles. The normalized spacial score (nSPS) is 10.7. The molecule has 0 saturated heterocycles. The van der Waals surface area contributed by atoms with Crippen LogP contribution in [0.4, 0.5) is 0 Å². The Morgan fingerprint density at radius 1 is 1.26 bits per heavy atom. The van der Waals surface area contributed by atoms with E-state index in [9.17, 15) is 4.79 Å². The second-order valence-electron chi connectivity index (χ2n) is 5.17. The zero-order valence-corrected chi connectivity index (χ0v) is 13.0. The van der Waals surface area contributed by atoms with Crippen LogP contribution in [0.2, 0.25) is 0 Å². The van der Waals surface area contributed by atoms with Crippen molar-refractivity contribution >= 4 is 11.6 Å². The highest BCUT2D eigenvalue weighted by molar-refractivity contribution is 5.94. The zero-order valence-electron chi connectivity index (χ0n) is 13.0. The van der Waals surface area contributed by atoms with Crippen LogP contribution in [0.25, 0.3) is 5.65 Å². The summed E-state index contributed by atoms with van der Waals surface area (Å²) in [6.07, 6.45) is 4.64. The molecular formula is C18H19N3O2. The largest absolute Gasteiger partial charge is 0.494 e. The van der Waals surface area contributed by atoms with E-state index in [1.165, 1.54) is 0 Å². The van der Waals surface area contributed by atoms with Gasteiger partial charge in [0, 0.05) is 30.9 Å². The van der Waals surface area contributed by atoms with Crippen LogP contribution >= 0.6 is 0 Å². The molecule has 1 amide bonds. The fraction of sp³-hybridized carbons (Fsp3) is 0.222. The number of amides is 1. The van der Waals surface area contributed by atoms with E-state index in [2.05, 4.69) is 10.3 Å². The third-order valence-corrected chi connectivity index (χ3v) is 3.49. The Morgan fingerprint density at radius 2 is 2.17 bits per heavy atom. The number of fused-ring (bicyclic) bond motifs is 1. The van der Waals surface area contributed by atoms with E-state index in [4.69, 9.17) is 4.74 Å². The van der Waals surface area contributed by atoms with Crippen LogP contribution in [-0.2, 0) is 6.42 Å². The Kier molecular flexibility index (Phi) is 4.57. The molecule has 2 aromatic heterocycles. The van der Waals surface area contributed by atoms with Crippen LogP contribution < -0.4 is 10.1 Å². The molecule has 0 radical (unpaired) electrons. The lowest BCUT2D eigenvalue weighted by Crippen LogP contribution is -2.25. The number of carbonyl (C=O) groups excluding carboxylic acids is 1.